The highest BCUT2D eigenvalue weighted by molar-refractivity contribution is 6.42. The average Bonchev–Trinajstić information content (AvgIpc) is 3.29. The van der Waals surface area contributed by atoms with E-state index in [4.69, 9.17) is 28.9 Å². The van der Waals surface area contributed by atoms with Gasteiger partial charge in [0.2, 0.25) is 11.9 Å². The molecule has 1 aliphatic heterocycles. The predicted octanol–water partition coefficient (Wildman–Crippen LogP) is 5.01. The molecule has 0 aliphatic carbocycles. The molecule has 1 amide bonds. The fraction of sp³-hybridized carbons (Fsp3) is 0.360. The zero-order chi connectivity index (χ0) is 29.8. The van der Waals surface area contributed by atoms with E-state index in [-0.39, 0.29) is 23.4 Å². The molecule has 0 spiro atoms. The Morgan fingerprint density at radius 1 is 1.32 bits per heavy atom. The molecule has 9 nitrogen and oxygen atoms in total. The monoisotopic (exact) mass is 601 g/mol. The number of hydrogen-bond acceptors (Lipinski definition) is 6. The molecule has 2 aromatic rings. The third-order valence-electron chi connectivity index (χ3n) is 5.96. The second-order valence-corrected chi connectivity index (χ2v) is 9.76. The molecular formula is C25H25Cl2F4N7O2. The van der Waals surface area contributed by atoms with E-state index in [0.29, 0.717) is 22.8 Å². The maximum Gasteiger partial charge on any atom is 0.573 e. The number of carbonyl (C=O) groups is 1. The number of benzene rings is 2. The number of carbonyl (C=O) groups excluding carboxylic acids is 1. The van der Waals surface area contributed by atoms with E-state index in [1.54, 1.807) is 24.4 Å². The molecule has 214 valence electrons. The van der Waals surface area contributed by atoms with Gasteiger partial charge in [-0.15, -0.1) is 13.2 Å². The minimum Gasteiger partial charge on any atom is -0.403 e. The van der Waals surface area contributed by atoms with Gasteiger partial charge in [0, 0.05) is 5.56 Å². The summed E-state index contributed by atoms with van der Waals surface area (Å²) >= 11 is 12.3. The van der Waals surface area contributed by atoms with Crippen LogP contribution in [0.25, 0.3) is 0 Å². The van der Waals surface area contributed by atoms with Crippen LogP contribution >= 0.6 is 23.2 Å². The van der Waals surface area contributed by atoms with Gasteiger partial charge < -0.3 is 10.5 Å². The Kier molecular flexibility index (Phi) is 9.83. The fourth-order valence-electron chi connectivity index (χ4n) is 4.38. The zero-order valence-electron chi connectivity index (χ0n) is 21.5. The Hall–Kier alpha value is -3.60. The lowest BCUT2D eigenvalue weighted by Gasteiger charge is -2.36. The number of nitriles is 1. The first-order valence-corrected chi connectivity index (χ1v) is 12.7. The topological polar surface area (TPSA) is 119 Å². The van der Waals surface area contributed by atoms with E-state index >= 15 is 0 Å². The van der Waals surface area contributed by atoms with Crippen molar-refractivity contribution in [3.63, 3.8) is 0 Å². The third-order valence-corrected chi connectivity index (χ3v) is 6.70. The van der Waals surface area contributed by atoms with E-state index in [1.165, 1.54) is 5.01 Å². The summed E-state index contributed by atoms with van der Waals surface area (Å²) in [6.45, 7) is 5.88. The molecule has 0 saturated heterocycles. The van der Waals surface area contributed by atoms with Gasteiger partial charge in [-0.05, 0) is 36.7 Å². The Balaban J connectivity index is 2.13. The summed E-state index contributed by atoms with van der Waals surface area (Å²) in [5.74, 6) is -3.52. The number of primary amides is 1. The van der Waals surface area contributed by atoms with Gasteiger partial charge in [0.05, 0.1) is 34.4 Å². The Labute approximate surface area is 237 Å². The lowest BCUT2D eigenvalue weighted by atomic mass is 9.96. The van der Waals surface area contributed by atoms with Crippen molar-refractivity contribution >= 4 is 46.5 Å². The molecule has 3 N–H and O–H groups in total. The number of hydrogen-bond donors (Lipinski definition) is 2. The second kappa shape index (κ2) is 12.7. The van der Waals surface area contributed by atoms with Gasteiger partial charge >= 0.3 is 6.36 Å². The second-order valence-electron chi connectivity index (χ2n) is 8.94. The largest absolute Gasteiger partial charge is 0.573 e. The summed E-state index contributed by atoms with van der Waals surface area (Å²) in [5, 5.41) is 18.0. The van der Waals surface area contributed by atoms with Gasteiger partial charge in [-0.1, -0.05) is 56.1 Å². The van der Waals surface area contributed by atoms with Crippen molar-refractivity contribution in [2.45, 2.75) is 39.2 Å². The standard InChI is InChI=1S/C25H25Cl2F4N7O2/c1-4-37(22(13(2)3)23(33)39)18-11-38(36-21(18)14-8-9-15(26)16(27)10-14)24(34-12-32)35-17-6-5-7-19(20(17)28)40-25(29,30)31/h5-10,13,18,22H,4,11H2,1-3H3,(H2,33,39)(H,34,35)/t18?,22-/m1/s1. The van der Waals surface area contributed by atoms with Crippen LogP contribution in [0.15, 0.2) is 46.5 Å². The first-order valence-electron chi connectivity index (χ1n) is 11.9. The van der Waals surface area contributed by atoms with Gasteiger partial charge in [-0.2, -0.15) is 10.4 Å². The number of halogens is 6. The molecule has 0 saturated carbocycles. The number of nitrogens with one attached hydrogen (secondary N) is 1. The molecule has 1 unspecified atom stereocenters. The fourth-order valence-corrected chi connectivity index (χ4v) is 4.68. The van der Waals surface area contributed by atoms with Crippen molar-refractivity contribution in [3.8, 4) is 11.9 Å². The summed E-state index contributed by atoms with van der Waals surface area (Å²) in [7, 11) is 0. The van der Waals surface area contributed by atoms with E-state index < -0.39 is 41.6 Å². The van der Waals surface area contributed by atoms with Crippen molar-refractivity contribution in [1.82, 2.24) is 15.2 Å². The molecule has 0 fully saturated rings. The summed E-state index contributed by atoms with van der Waals surface area (Å²) in [5.41, 5.74) is 6.15. The van der Waals surface area contributed by atoms with Gasteiger partial charge in [0.15, 0.2) is 17.8 Å². The van der Waals surface area contributed by atoms with E-state index in [2.05, 4.69) is 20.1 Å². The summed E-state index contributed by atoms with van der Waals surface area (Å²) in [4.78, 5) is 18.3. The molecule has 1 aliphatic rings. The highest BCUT2D eigenvalue weighted by atomic mass is 35.5. The quantitative estimate of drug-likeness (QED) is 0.144. The predicted molar refractivity (Wildman–Crippen MR) is 143 cm³/mol. The van der Waals surface area contributed by atoms with E-state index in [0.717, 1.165) is 18.2 Å². The number of amides is 1. The first kappa shape index (κ1) is 30.9. The number of nitrogens with two attached hydrogens (primary N) is 1. The molecular weight excluding hydrogens is 577 g/mol. The Morgan fingerprint density at radius 2 is 2.02 bits per heavy atom. The number of guanidine groups is 1. The van der Waals surface area contributed by atoms with Crippen LogP contribution in [0.2, 0.25) is 10.0 Å². The number of ether oxygens (including phenoxy) is 1. The van der Waals surface area contributed by atoms with Crippen LogP contribution in [0.3, 0.4) is 0 Å². The number of nitrogens with zero attached hydrogens (tertiary/aromatic N) is 5. The van der Waals surface area contributed by atoms with Gasteiger partial charge in [0.1, 0.15) is 5.69 Å². The Morgan fingerprint density at radius 3 is 2.58 bits per heavy atom. The van der Waals surface area contributed by atoms with Gasteiger partial charge in [-0.25, -0.2) is 14.4 Å². The Bertz CT molecular complexity index is 1360. The van der Waals surface area contributed by atoms with Crippen LogP contribution < -0.4 is 15.8 Å². The van der Waals surface area contributed by atoms with Crippen LogP contribution in [-0.2, 0) is 4.79 Å². The van der Waals surface area contributed by atoms with Gasteiger partial charge in [-0.3, -0.25) is 15.0 Å². The number of aliphatic imine (C=N–C) groups is 1. The smallest absolute Gasteiger partial charge is 0.403 e. The number of rotatable bonds is 8. The van der Waals surface area contributed by atoms with Crippen molar-refractivity contribution < 1.29 is 27.1 Å². The normalized spacial score (nSPS) is 16.6. The number of alkyl halides is 3. The molecule has 0 bridgehead atoms. The van der Waals surface area contributed by atoms with Crippen LogP contribution in [0.5, 0.6) is 5.75 Å². The SMILES string of the molecule is CCN(C1CN(C(=Nc2cccc(OC(F)(F)F)c2F)NC#N)N=C1c1ccc(Cl)c(Cl)c1)[C@@H](C(N)=O)C(C)C. The number of hydrazone groups is 1. The molecule has 1 heterocycles. The minimum absolute atomic E-state index is 0.00773. The molecule has 0 radical (unpaired) electrons. The van der Waals surface area contributed by atoms with E-state index in [1.807, 2.05) is 25.7 Å². The lowest BCUT2D eigenvalue weighted by molar-refractivity contribution is -0.275. The van der Waals surface area contributed by atoms with E-state index in [9.17, 15) is 27.6 Å². The van der Waals surface area contributed by atoms with Crippen molar-refractivity contribution in [2.75, 3.05) is 13.1 Å². The van der Waals surface area contributed by atoms with Crippen LogP contribution in [0.1, 0.15) is 26.3 Å². The maximum atomic E-state index is 14.9. The highest BCUT2D eigenvalue weighted by Crippen LogP contribution is 2.32. The highest BCUT2D eigenvalue weighted by Gasteiger charge is 2.40. The van der Waals surface area contributed by atoms with Crippen LogP contribution in [-0.4, -0.2) is 59.0 Å². The third kappa shape index (κ3) is 7.12. The lowest BCUT2D eigenvalue weighted by Crippen LogP contribution is -2.56. The number of likely N-dealkylation sites (N-methyl/N-ethyl adjacent to an activating group) is 1. The first-order chi connectivity index (χ1) is 18.8. The molecule has 2 atom stereocenters. The van der Waals surface area contributed by atoms with Crippen LogP contribution in [0.4, 0.5) is 23.2 Å². The summed E-state index contributed by atoms with van der Waals surface area (Å²) in [6.07, 6.45) is -3.46. The van der Waals surface area contributed by atoms with Crippen LogP contribution in [0, 0.1) is 23.2 Å². The zero-order valence-corrected chi connectivity index (χ0v) is 23.0. The summed E-state index contributed by atoms with van der Waals surface area (Å²) in [6, 6.07) is 6.51. The molecule has 2 aromatic carbocycles. The molecule has 40 heavy (non-hydrogen) atoms. The molecule has 3 rings (SSSR count). The summed E-state index contributed by atoms with van der Waals surface area (Å²) < 4.78 is 56.7. The van der Waals surface area contributed by atoms with Gasteiger partial charge in [0.25, 0.3) is 0 Å². The van der Waals surface area contributed by atoms with Crippen molar-refractivity contribution in [2.24, 2.45) is 21.7 Å². The van der Waals surface area contributed by atoms with Crippen molar-refractivity contribution in [1.29, 1.82) is 5.26 Å². The molecule has 15 heteroatoms. The maximum absolute atomic E-state index is 14.9. The minimum atomic E-state index is -5.13. The van der Waals surface area contributed by atoms with Crippen molar-refractivity contribution in [3.05, 3.63) is 57.8 Å². The average molecular weight is 602 g/mol. The molecule has 0 aromatic heterocycles.